The number of ether oxygens (including phenoxy) is 2. The molecule has 0 spiro atoms. The first-order chi connectivity index (χ1) is 10.8. The molecular weight excluding hydrogens is 282 g/mol. The fourth-order valence-electron chi connectivity index (χ4n) is 2.70. The summed E-state index contributed by atoms with van der Waals surface area (Å²) in [6, 6.07) is 2.20. The van der Waals surface area contributed by atoms with Crippen molar-refractivity contribution in [2.75, 3.05) is 39.2 Å². The van der Waals surface area contributed by atoms with Crippen molar-refractivity contribution < 1.29 is 14.6 Å². The summed E-state index contributed by atoms with van der Waals surface area (Å²) >= 11 is 0. The molecule has 0 bridgehead atoms. The van der Waals surface area contributed by atoms with E-state index >= 15 is 0 Å². The highest BCUT2D eigenvalue weighted by Crippen LogP contribution is 2.27. The molecule has 1 aliphatic rings. The van der Waals surface area contributed by atoms with Crippen molar-refractivity contribution in [3.63, 3.8) is 0 Å². The van der Waals surface area contributed by atoms with Gasteiger partial charge in [-0.25, -0.2) is 4.98 Å². The lowest BCUT2D eigenvalue weighted by Crippen LogP contribution is -2.22. The summed E-state index contributed by atoms with van der Waals surface area (Å²) in [5, 5.41) is 15.6. The minimum atomic E-state index is -0.455. The van der Waals surface area contributed by atoms with Gasteiger partial charge in [-0.05, 0) is 49.4 Å². The standard InChI is InChI=1S/C16H27N3O3/c1-21-16(22-2)14-13(11-17-7-3-4-9-20)10-12-6-5-8-18-15(12)19-14/h10,16-17,20H,3-9,11H2,1-2H3,(H,18,19). The molecule has 2 rings (SSSR count). The highest BCUT2D eigenvalue weighted by atomic mass is 16.7. The number of anilines is 1. The largest absolute Gasteiger partial charge is 0.396 e. The predicted octanol–water partition coefficient (Wildman–Crippen LogP) is 1.59. The van der Waals surface area contributed by atoms with E-state index in [1.165, 1.54) is 5.56 Å². The molecule has 124 valence electrons. The molecule has 0 aliphatic carbocycles. The summed E-state index contributed by atoms with van der Waals surface area (Å²) < 4.78 is 10.8. The summed E-state index contributed by atoms with van der Waals surface area (Å²) in [5.41, 5.74) is 3.20. The molecule has 0 atom stereocenters. The maximum atomic E-state index is 8.82. The van der Waals surface area contributed by atoms with Crippen LogP contribution in [0.15, 0.2) is 6.07 Å². The Kier molecular flexibility index (Phi) is 7.05. The summed E-state index contributed by atoms with van der Waals surface area (Å²) in [7, 11) is 3.25. The van der Waals surface area contributed by atoms with E-state index in [-0.39, 0.29) is 6.61 Å². The fraction of sp³-hybridized carbons (Fsp3) is 0.688. The second kappa shape index (κ2) is 9.05. The molecule has 0 unspecified atom stereocenters. The van der Waals surface area contributed by atoms with Gasteiger partial charge < -0.3 is 25.2 Å². The van der Waals surface area contributed by atoms with Crippen molar-refractivity contribution in [1.29, 1.82) is 0 Å². The van der Waals surface area contributed by atoms with Gasteiger partial charge in [-0.15, -0.1) is 0 Å². The first kappa shape index (κ1) is 17.1. The van der Waals surface area contributed by atoms with Crippen LogP contribution in [-0.4, -0.2) is 44.0 Å². The Morgan fingerprint density at radius 3 is 2.91 bits per heavy atom. The average Bonchev–Trinajstić information content (AvgIpc) is 2.56. The number of hydrogen-bond acceptors (Lipinski definition) is 6. The third-order valence-electron chi connectivity index (χ3n) is 3.86. The minimum Gasteiger partial charge on any atom is -0.396 e. The Bertz CT molecular complexity index is 464. The fourth-order valence-corrected chi connectivity index (χ4v) is 2.70. The Morgan fingerprint density at radius 2 is 2.18 bits per heavy atom. The number of methoxy groups -OCH3 is 2. The molecule has 1 aliphatic heterocycles. The van der Waals surface area contributed by atoms with Crippen LogP contribution in [0.2, 0.25) is 0 Å². The SMILES string of the molecule is COC(OC)c1nc2c(cc1CNCCCCO)CCCN2. The first-order valence-corrected chi connectivity index (χ1v) is 7.94. The van der Waals surface area contributed by atoms with Gasteiger partial charge in [0.25, 0.3) is 0 Å². The van der Waals surface area contributed by atoms with Gasteiger partial charge in [-0.3, -0.25) is 0 Å². The van der Waals surface area contributed by atoms with E-state index < -0.39 is 6.29 Å². The normalized spacial score (nSPS) is 14.0. The first-order valence-electron chi connectivity index (χ1n) is 7.94. The van der Waals surface area contributed by atoms with E-state index in [9.17, 15) is 0 Å². The van der Waals surface area contributed by atoms with Gasteiger partial charge in [0, 0.05) is 33.9 Å². The summed E-state index contributed by atoms with van der Waals surface area (Å²) in [6.45, 7) is 2.81. The molecule has 0 radical (unpaired) electrons. The molecule has 1 aromatic heterocycles. The van der Waals surface area contributed by atoms with E-state index in [1.807, 2.05) is 0 Å². The van der Waals surface area contributed by atoms with Crippen molar-refractivity contribution >= 4 is 5.82 Å². The van der Waals surface area contributed by atoms with Gasteiger partial charge in [-0.1, -0.05) is 0 Å². The molecule has 6 nitrogen and oxygen atoms in total. The molecule has 0 amide bonds. The van der Waals surface area contributed by atoms with Crippen LogP contribution < -0.4 is 10.6 Å². The topological polar surface area (TPSA) is 75.6 Å². The lowest BCUT2D eigenvalue weighted by Gasteiger charge is -2.23. The molecule has 0 fully saturated rings. The summed E-state index contributed by atoms with van der Waals surface area (Å²) in [6.07, 6.45) is 3.52. The molecule has 0 aromatic carbocycles. The van der Waals surface area contributed by atoms with Gasteiger partial charge in [0.2, 0.25) is 6.29 Å². The van der Waals surface area contributed by atoms with Gasteiger partial charge in [0.05, 0.1) is 0 Å². The van der Waals surface area contributed by atoms with Crippen LogP contribution in [-0.2, 0) is 22.4 Å². The van der Waals surface area contributed by atoms with E-state index in [1.54, 1.807) is 14.2 Å². The molecule has 0 saturated heterocycles. The zero-order valence-corrected chi connectivity index (χ0v) is 13.5. The van der Waals surface area contributed by atoms with Crippen LogP contribution in [0.1, 0.15) is 42.4 Å². The Labute approximate surface area is 132 Å². The van der Waals surface area contributed by atoms with E-state index in [4.69, 9.17) is 19.6 Å². The number of hydrogen-bond donors (Lipinski definition) is 3. The van der Waals surface area contributed by atoms with E-state index in [0.717, 1.165) is 62.4 Å². The van der Waals surface area contributed by atoms with Crippen molar-refractivity contribution in [3.8, 4) is 0 Å². The lowest BCUT2D eigenvalue weighted by molar-refractivity contribution is -0.109. The summed E-state index contributed by atoms with van der Waals surface area (Å²) in [4.78, 5) is 4.73. The van der Waals surface area contributed by atoms with Crippen LogP contribution in [0.3, 0.4) is 0 Å². The van der Waals surface area contributed by atoms with Gasteiger partial charge in [0.15, 0.2) is 0 Å². The van der Waals surface area contributed by atoms with Gasteiger partial charge in [-0.2, -0.15) is 0 Å². The molecular formula is C16H27N3O3. The Morgan fingerprint density at radius 1 is 1.36 bits per heavy atom. The number of aryl methyl sites for hydroxylation is 1. The zero-order chi connectivity index (χ0) is 15.8. The predicted molar refractivity (Wildman–Crippen MR) is 85.8 cm³/mol. The van der Waals surface area contributed by atoms with Crippen LogP contribution >= 0.6 is 0 Å². The lowest BCUT2D eigenvalue weighted by atomic mass is 10.0. The van der Waals surface area contributed by atoms with Crippen molar-refractivity contribution in [2.24, 2.45) is 0 Å². The molecule has 22 heavy (non-hydrogen) atoms. The number of nitrogens with one attached hydrogen (secondary N) is 2. The number of aromatic nitrogens is 1. The van der Waals surface area contributed by atoms with Crippen molar-refractivity contribution in [1.82, 2.24) is 10.3 Å². The highest BCUT2D eigenvalue weighted by Gasteiger charge is 2.20. The van der Waals surface area contributed by atoms with E-state index in [2.05, 4.69) is 16.7 Å². The molecule has 2 heterocycles. The van der Waals surface area contributed by atoms with Crippen LogP contribution in [0.25, 0.3) is 0 Å². The zero-order valence-electron chi connectivity index (χ0n) is 13.5. The smallest absolute Gasteiger partial charge is 0.200 e. The van der Waals surface area contributed by atoms with Crippen LogP contribution in [0.5, 0.6) is 0 Å². The van der Waals surface area contributed by atoms with Gasteiger partial charge in [0.1, 0.15) is 11.5 Å². The number of fused-ring (bicyclic) bond motifs is 1. The number of aliphatic hydroxyl groups excluding tert-OH is 1. The third kappa shape index (κ3) is 4.39. The summed E-state index contributed by atoms with van der Waals surface area (Å²) in [5.74, 6) is 0.949. The number of unbranched alkanes of at least 4 members (excludes halogenated alkanes) is 1. The maximum Gasteiger partial charge on any atom is 0.200 e. The highest BCUT2D eigenvalue weighted by molar-refractivity contribution is 5.49. The Balaban J connectivity index is 2.13. The minimum absolute atomic E-state index is 0.244. The number of pyridine rings is 1. The van der Waals surface area contributed by atoms with Gasteiger partial charge >= 0.3 is 0 Å². The molecule has 6 heteroatoms. The van der Waals surface area contributed by atoms with Crippen LogP contribution in [0.4, 0.5) is 5.82 Å². The number of aliphatic hydroxyl groups is 1. The molecule has 0 saturated carbocycles. The van der Waals surface area contributed by atoms with Crippen molar-refractivity contribution in [3.05, 3.63) is 22.9 Å². The quantitative estimate of drug-likeness (QED) is 0.475. The monoisotopic (exact) mass is 309 g/mol. The molecule has 1 aromatic rings. The Hall–Kier alpha value is -1.21. The molecule has 3 N–H and O–H groups in total. The maximum absolute atomic E-state index is 8.82. The number of nitrogens with zero attached hydrogens (tertiary/aromatic N) is 1. The second-order valence-electron chi connectivity index (χ2n) is 5.48. The van der Waals surface area contributed by atoms with E-state index in [0.29, 0.717) is 0 Å². The number of rotatable bonds is 9. The van der Waals surface area contributed by atoms with Crippen LogP contribution in [0, 0.1) is 0 Å². The average molecular weight is 309 g/mol. The van der Waals surface area contributed by atoms with Crippen molar-refractivity contribution in [2.45, 2.75) is 38.5 Å². The second-order valence-corrected chi connectivity index (χ2v) is 5.48. The third-order valence-corrected chi connectivity index (χ3v) is 3.86.